The van der Waals surface area contributed by atoms with Gasteiger partial charge >= 0.3 is 0 Å². The van der Waals surface area contributed by atoms with Crippen molar-refractivity contribution in [3.63, 3.8) is 0 Å². The molecule has 1 atom stereocenters. The monoisotopic (exact) mass is 485 g/mol. The minimum absolute atomic E-state index is 0.0230. The molecule has 2 aliphatic heterocycles. The highest BCUT2D eigenvalue weighted by atomic mass is 35.5. The second-order valence-electron chi connectivity index (χ2n) is 9.63. The number of piperazine rings is 1. The zero-order valence-corrected chi connectivity index (χ0v) is 21.1. The maximum atomic E-state index is 13.0. The number of carbonyl (C=O) groups is 2. The van der Waals surface area contributed by atoms with Crippen LogP contribution >= 0.6 is 11.6 Å². The molecule has 4 rings (SSSR count). The topological polar surface area (TPSA) is 82.2 Å². The van der Waals surface area contributed by atoms with Crippen LogP contribution in [0, 0.1) is 12.8 Å². The van der Waals surface area contributed by atoms with Crippen molar-refractivity contribution in [1.82, 2.24) is 9.80 Å². The van der Waals surface area contributed by atoms with E-state index in [4.69, 9.17) is 17.3 Å². The fourth-order valence-electron chi connectivity index (χ4n) is 5.28. The molecule has 0 spiro atoms. The molecule has 1 aromatic rings. The molecule has 2 amide bonds. The SMILES string of the molecule is Cc1c(Cl)cccc1N1CCN(C(=O)CN=C2CCC(C)/C2=C(/N)C(=O)N2CCCCC2)CC1. The molecule has 2 N–H and O–H groups in total. The van der Waals surface area contributed by atoms with Crippen molar-refractivity contribution in [2.75, 3.05) is 50.7 Å². The molecular formula is C26H36ClN5O2. The van der Waals surface area contributed by atoms with Crippen LogP contribution in [-0.2, 0) is 9.59 Å². The van der Waals surface area contributed by atoms with Crippen molar-refractivity contribution < 1.29 is 9.59 Å². The van der Waals surface area contributed by atoms with Crippen LogP contribution in [0.25, 0.3) is 0 Å². The molecular weight excluding hydrogens is 450 g/mol. The first-order valence-electron chi connectivity index (χ1n) is 12.5. The zero-order chi connectivity index (χ0) is 24.2. The molecule has 1 aromatic carbocycles. The number of aliphatic imine (C=N–C) groups is 1. The van der Waals surface area contributed by atoms with E-state index in [0.29, 0.717) is 18.8 Å². The Morgan fingerprint density at radius 2 is 1.76 bits per heavy atom. The van der Waals surface area contributed by atoms with Crippen molar-refractivity contribution in [3.05, 3.63) is 40.1 Å². The lowest BCUT2D eigenvalue weighted by atomic mass is 10.0. The van der Waals surface area contributed by atoms with E-state index in [-0.39, 0.29) is 24.3 Å². The summed E-state index contributed by atoms with van der Waals surface area (Å²) in [5.74, 6) is 0.136. The van der Waals surface area contributed by atoms with E-state index in [1.165, 1.54) is 6.42 Å². The number of likely N-dealkylation sites (tertiary alicyclic amines) is 1. The van der Waals surface area contributed by atoms with Crippen molar-refractivity contribution in [3.8, 4) is 0 Å². The van der Waals surface area contributed by atoms with Gasteiger partial charge < -0.3 is 20.4 Å². The number of hydrogen-bond acceptors (Lipinski definition) is 5. The number of hydrogen-bond donors (Lipinski definition) is 1. The van der Waals surface area contributed by atoms with Crippen LogP contribution in [0.3, 0.4) is 0 Å². The Balaban J connectivity index is 1.38. The number of nitrogens with two attached hydrogens (primary N) is 1. The Labute approximate surface area is 207 Å². The lowest BCUT2D eigenvalue weighted by Crippen LogP contribution is -2.49. The van der Waals surface area contributed by atoms with Gasteiger partial charge in [0.1, 0.15) is 12.2 Å². The third kappa shape index (κ3) is 5.24. The summed E-state index contributed by atoms with van der Waals surface area (Å²) < 4.78 is 0. The van der Waals surface area contributed by atoms with Crippen LogP contribution in [0.15, 0.2) is 34.5 Å². The normalized spacial score (nSPS) is 24.0. The van der Waals surface area contributed by atoms with Gasteiger partial charge in [0, 0.05) is 61.3 Å². The number of anilines is 1. The third-order valence-electron chi connectivity index (χ3n) is 7.40. The average molecular weight is 486 g/mol. The smallest absolute Gasteiger partial charge is 0.270 e. The predicted octanol–water partition coefficient (Wildman–Crippen LogP) is 3.39. The van der Waals surface area contributed by atoms with Gasteiger partial charge in [0.25, 0.3) is 5.91 Å². The fraction of sp³-hybridized carbons (Fsp3) is 0.577. The van der Waals surface area contributed by atoms with Gasteiger partial charge in [-0.05, 0) is 62.6 Å². The Kier molecular flexibility index (Phi) is 7.81. The summed E-state index contributed by atoms with van der Waals surface area (Å²) in [6.07, 6.45) is 4.90. The number of allylic oxidation sites excluding steroid dienone is 1. The first kappa shape index (κ1) is 24.6. The number of benzene rings is 1. The Morgan fingerprint density at radius 1 is 1.06 bits per heavy atom. The summed E-state index contributed by atoms with van der Waals surface area (Å²) in [6, 6.07) is 5.95. The molecule has 1 saturated carbocycles. The number of nitrogens with zero attached hydrogens (tertiary/aromatic N) is 4. The second kappa shape index (κ2) is 10.8. The molecule has 8 heteroatoms. The average Bonchev–Trinajstić information content (AvgIpc) is 3.24. The number of carbonyl (C=O) groups excluding carboxylic acids is 2. The minimum atomic E-state index is -0.0742. The molecule has 1 aliphatic carbocycles. The van der Waals surface area contributed by atoms with Gasteiger partial charge in [-0.2, -0.15) is 0 Å². The first-order chi connectivity index (χ1) is 16.4. The van der Waals surface area contributed by atoms with E-state index in [1.807, 2.05) is 28.9 Å². The molecule has 3 fully saturated rings. The van der Waals surface area contributed by atoms with Crippen molar-refractivity contribution in [2.24, 2.45) is 16.6 Å². The van der Waals surface area contributed by atoms with Gasteiger partial charge in [-0.3, -0.25) is 14.6 Å². The van der Waals surface area contributed by atoms with Gasteiger partial charge in [0.15, 0.2) is 0 Å². The van der Waals surface area contributed by atoms with Gasteiger partial charge in [-0.15, -0.1) is 0 Å². The van der Waals surface area contributed by atoms with Gasteiger partial charge in [-0.25, -0.2) is 0 Å². The van der Waals surface area contributed by atoms with E-state index < -0.39 is 0 Å². The Hall–Kier alpha value is -2.54. The maximum absolute atomic E-state index is 13.0. The summed E-state index contributed by atoms with van der Waals surface area (Å²) in [4.78, 5) is 36.6. The molecule has 34 heavy (non-hydrogen) atoms. The number of amides is 2. The Morgan fingerprint density at radius 3 is 2.47 bits per heavy atom. The first-order valence-corrected chi connectivity index (χ1v) is 12.8. The molecule has 0 aromatic heterocycles. The molecule has 0 bridgehead atoms. The molecule has 3 aliphatic rings. The molecule has 0 radical (unpaired) electrons. The molecule has 1 unspecified atom stereocenters. The molecule has 7 nitrogen and oxygen atoms in total. The molecule has 2 saturated heterocycles. The minimum Gasteiger partial charge on any atom is -0.394 e. The van der Waals surface area contributed by atoms with E-state index in [0.717, 1.165) is 79.4 Å². The van der Waals surface area contributed by atoms with Gasteiger partial charge in [0.2, 0.25) is 5.91 Å². The van der Waals surface area contributed by atoms with Crippen molar-refractivity contribution in [2.45, 2.75) is 46.0 Å². The highest BCUT2D eigenvalue weighted by Gasteiger charge is 2.31. The van der Waals surface area contributed by atoms with E-state index in [1.54, 1.807) is 0 Å². The van der Waals surface area contributed by atoms with Crippen LogP contribution in [0.4, 0.5) is 5.69 Å². The molecule has 184 valence electrons. The summed E-state index contributed by atoms with van der Waals surface area (Å²) in [6.45, 7) is 8.61. The van der Waals surface area contributed by atoms with Gasteiger partial charge in [-0.1, -0.05) is 24.6 Å². The van der Waals surface area contributed by atoms with Crippen LogP contribution in [0.5, 0.6) is 0 Å². The van der Waals surface area contributed by atoms with Crippen LogP contribution < -0.4 is 10.6 Å². The van der Waals surface area contributed by atoms with E-state index in [2.05, 4.69) is 22.9 Å². The zero-order valence-electron chi connectivity index (χ0n) is 20.4. The number of rotatable bonds is 4. The highest BCUT2D eigenvalue weighted by Crippen LogP contribution is 2.31. The standard InChI is InChI=1S/C26H36ClN5O2/c1-18-9-10-21(24(18)25(28)26(34)32-11-4-3-5-12-32)29-17-23(33)31-15-13-30(14-16-31)22-8-6-7-20(27)19(22)2/h6-8,18H,3-5,9-17,28H2,1-2H3/b25-24-,29-21?. The lowest BCUT2D eigenvalue weighted by Gasteiger charge is -2.36. The Bertz CT molecular complexity index is 991. The number of halogens is 1. The van der Waals surface area contributed by atoms with Crippen molar-refractivity contribution in [1.29, 1.82) is 0 Å². The number of piperidine rings is 1. The van der Waals surface area contributed by atoms with Crippen LogP contribution in [0.1, 0.15) is 44.6 Å². The van der Waals surface area contributed by atoms with Crippen LogP contribution in [0.2, 0.25) is 5.02 Å². The predicted molar refractivity (Wildman–Crippen MR) is 137 cm³/mol. The lowest BCUT2D eigenvalue weighted by molar-refractivity contribution is -0.130. The quantitative estimate of drug-likeness (QED) is 0.663. The molecule has 2 heterocycles. The second-order valence-corrected chi connectivity index (χ2v) is 10.0. The summed E-state index contributed by atoms with van der Waals surface area (Å²) >= 11 is 6.28. The van der Waals surface area contributed by atoms with E-state index >= 15 is 0 Å². The van der Waals surface area contributed by atoms with Gasteiger partial charge in [0.05, 0.1) is 0 Å². The van der Waals surface area contributed by atoms with Crippen molar-refractivity contribution >= 4 is 34.8 Å². The van der Waals surface area contributed by atoms with E-state index in [9.17, 15) is 9.59 Å². The maximum Gasteiger partial charge on any atom is 0.270 e. The summed E-state index contributed by atoms with van der Waals surface area (Å²) in [5, 5.41) is 0.763. The van der Waals surface area contributed by atoms with Crippen LogP contribution in [-0.4, -0.2) is 73.1 Å². The highest BCUT2D eigenvalue weighted by molar-refractivity contribution is 6.31. The largest absolute Gasteiger partial charge is 0.394 e. The third-order valence-corrected chi connectivity index (χ3v) is 7.81. The summed E-state index contributed by atoms with van der Waals surface area (Å²) in [7, 11) is 0. The summed E-state index contributed by atoms with van der Waals surface area (Å²) in [5.41, 5.74) is 10.6. The fourth-order valence-corrected chi connectivity index (χ4v) is 5.45.